The largest absolute Gasteiger partial charge is 0.368 e. The van der Waals surface area contributed by atoms with Crippen molar-refractivity contribution < 1.29 is 14.1 Å². The fraction of sp³-hybridized carbons (Fsp3) is 0.412. The minimum Gasteiger partial charge on any atom is -0.368 e. The maximum absolute atomic E-state index is 12.5. The van der Waals surface area contributed by atoms with E-state index in [1.54, 1.807) is 0 Å². The van der Waals surface area contributed by atoms with Crippen molar-refractivity contribution in [3.63, 3.8) is 0 Å². The molecular weight excluding hydrogens is 280 g/mol. The minimum atomic E-state index is -0.262. The third-order valence-electron chi connectivity index (χ3n) is 4.36. The van der Waals surface area contributed by atoms with E-state index in [2.05, 4.69) is 11.2 Å². The highest BCUT2D eigenvalue weighted by Crippen LogP contribution is 2.33. The molecule has 0 aliphatic carbocycles. The summed E-state index contributed by atoms with van der Waals surface area (Å²) < 4.78 is 10.8. The highest BCUT2D eigenvalue weighted by molar-refractivity contribution is 5.98. The molecule has 0 saturated carbocycles. The van der Waals surface area contributed by atoms with Gasteiger partial charge in [0.1, 0.15) is 6.10 Å². The first-order chi connectivity index (χ1) is 10.7. The SMILES string of the molecule is Cc1cc(-c2ccc3c(c2)CCN3C(=O)[C@H]2CCCO2)on1. The Balaban J connectivity index is 1.61. The average Bonchev–Trinajstić information content (AvgIpc) is 3.26. The number of hydrogen-bond acceptors (Lipinski definition) is 4. The fourth-order valence-electron chi connectivity index (χ4n) is 3.23. The predicted molar refractivity (Wildman–Crippen MR) is 81.7 cm³/mol. The van der Waals surface area contributed by atoms with Crippen LogP contribution in [0.15, 0.2) is 28.8 Å². The molecule has 2 aliphatic rings. The van der Waals surface area contributed by atoms with Crippen molar-refractivity contribution in [2.75, 3.05) is 18.1 Å². The highest BCUT2D eigenvalue weighted by atomic mass is 16.5. The minimum absolute atomic E-state index is 0.0968. The Morgan fingerprint density at radius 3 is 3.00 bits per heavy atom. The summed E-state index contributed by atoms with van der Waals surface area (Å²) in [7, 11) is 0. The molecule has 0 unspecified atom stereocenters. The Bertz CT molecular complexity index is 716. The van der Waals surface area contributed by atoms with E-state index >= 15 is 0 Å². The quantitative estimate of drug-likeness (QED) is 0.855. The lowest BCUT2D eigenvalue weighted by atomic mass is 10.1. The van der Waals surface area contributed by atoms with Gasteiger partial charge in [0.05, 0.1) is 5.69 Å². The first-order valence-corrected chi connectivity index (χ1v) is 7.72. The first-order valence-electron chi connectivity index (χ1n) is 7.72. The molecule has 1 saturated heterocycles. The number of aryl methyl sites for hydroxylation is 1. The number of carbonyl (C=O) groups excluding carboxylic acids is 1. The van der Waals surface area contributed by atoms with Gasteiger partial charge in [-0.25, -0.2) is 0 Å². The number of carbonyl (C=O) groups is 1. The van der Waals surface area contributed by atoms with E-state index < -0.39 is 0 Å². The van der Waals surface area contributed by atoms with Gasteiger partial charge in [0.15, 0.2) is 5.76 Å². The lowest BCUT2D eigenvalue weighted by Gasteiger charge is -2.20. The van der Waals surface area contributed by atoms with Gasteiger partial charge in [0.2, 0.25) is 0 Å². The van der Waals surface area contributed by atoms with Crippen LogP contribution in [0.2, 0.25) is 0 Å². The molecule has 2 aromatic rings. The number of hydrogen-bond donors (Lipinski definition) is 0. The molecule has 5 nitrogen and oxygen atoms in total. The Morgan fingerprint density at radius 2 is 2.27 bits per heavy atom. The first kappa shape index (κ1) is 13.5. The molecule has 2 aliphatic heterocycles. The molecule has 0 spiro atoms. The Labute approximate surface area is 128 Å². The van der Waals surface area contributed by atoms with Gasteiger partial charge in [-0.2, -0.15) is 0 Å². The second-order valence-corrected chi connectivity index (χ2v) is 5.92. The van der Waals surface area contributed by atoms with Crippen molar-refractivity contribution in [3.05, 3.63) is 35.5 Å². The molecule has 1 fully saturated rings. The van der Waals surface area contributed by atoms with Crippen LogP contribution in [-0.4, -0.2) is 30.3 Å². The van der Waals surface area contributed by atoms with Crippen LogP contribution < -0.4 is 4.90 Å². The van der Waals surface area contributed by atoms with Crippen LogP contribution in [0.1, 0.15) is 24.1 Å². The number of benzene rings is 1. The maximum Gasteiger partial charge on any atom is 0.256 e. The molecular formula is C17H18N2O3. The zero-order valence-electron chi connectivity index (χ0n) is 12.5. The van der Waals surface area contributed by atoms with Gasteiger partial charge in [0, 0.05) is 30.5 Å². The molecule has 0 bridgehead atoms. The third kappa shape index (κ3) is 2.22. The van der Waals surface area contributed by atoms with Crippen LogP contribution >= 0.6 is 0 Å². The van der Waals surface area contributed by atoms with Gasteiger partial charge in [-0.3, -0.25) is 4.79 Å². The number of ether oxygens (including phenoxy) is 1. The van der Waals surface area contributed by atoms with Crippen molar-refractivity contribution in [2.24, 2.45) is 0 Å². The highest BCUT2D eigenvalue weighted by Gasteiger charge is 2.32. The second-order valence-electron chi connectivity index (χ2n) is 5.92. The van der Waals surface area contributed by atoms with Crippen LogP contribution in [0.5, 0.6) is 0 Å². The summed E-state index contributed by atoms with van der Waals surface area (Å²) in [6.45, 7) is 3.33. The number of aromatic nitrogens is 1. The van der Waals surface area contributed by atoms with Crippen LogP contribution in [-0.2, 0) is 16.0 Å². The summed E-state index contributed by atoms with van der Waals surface area (Å²) in [5, 5.41) is 3.93. The van der Waals surface area contributed by atoms with Crippen molar-refractivity contribution in [1.29, 1.82) is 0 Å². The van der Waals surface area contributed by atoms with Gasteiger partial charge in [-0.15, -0.1) is 0 Å². The molecule has 22 heavy (non-hydrogen) atoms. The van der Waals surface area contributed by atoms with E-state index in [1.165, 1.54) is 5.56 Å². The number of amides is 1. The summed E-state index contributed by atoms with van der Waals surface area (Å²) in [4.78, 5) is 14.4. The number of fused-ring (bicyclic) bond motifs is 1. The van der Waals surface area contributed by atoms with Crippen molar-refractivity contribution in [1.82, 2.24) is 5.16 Å². The lowest BCUT2D eigenvalue weighted by Crippen LogP contribution is -2.37. The van der Waals surface area contributed by atoms with E-state index in [0.717, 1.165) is 48.5 Å². The van der Waals surface area contributed by atoms with Crippen molar-refractivity contribution >= 4 is 11.6 Å². The summed E-state index contributed by atoms with van der Waals surface area (Å²) in [5.41, 5.74) is 4.05. The normalized spacial score (nSPS) is 20.4. The van der Waals surface area contributed by atoms with Crippen LogP contribution in [0.3, 0.4) is 0 Å². The molecule has 4 rings (SSSR count). The smallest absolute Gasteiger partial charge is 0.256 e. The van der Waals surface area contributed by atoms with Gasteiger partial charge in [-0.1, -0.05) is 5.16 Å². The van der Waals surface area contributed by atoms with Gasteiger partial charge in [0.25, 0.3) is 5.91 Å². The zero-order valence-corrected chi connectivity index (χ0v) is 12.5. The van der Waals surface area contributed by atoms with E-state index in [1.807, 2.05) is 30.0 Å². The van der Waals surface area contributed by atoms with E-state index in [-0.39, 0.29) is 12.0 Å². The maximum atomic E-state index is 12.5. The molecule has 5 heteroatoms. The standard InChI is InChI=1S/C17H18N2O3/c1-11-9-16(22-18-11)13-4-5-14-12(10-13)6-7-19(14)17(20)15-3-2-8-21-15/h4-5,9-10,15H,2-3,6-8H2,1H3/t15-/m1/s1. The third-order valence-corrected chi connectivity index (χ3v) is 4.36. The lowest BCUT2D eigenvalue weighted by molar-refractivity contribution is -0.127. The monoisotopic (exact) mass is 298 g/mol. The summed E-state index contributed by atoms with van der Waals surface area (Å²) >= 11 is 0. The summed E-state index contributed by atoms with van der Waals surface area (Å²) in [6.07, 6.45) is 2.41. The van der Waals surface area contributed by atoms with E-state index in [9.17, 15) is 4.79 Å². The molecule has 0 radical (unpaired) electrons. The van der Waals surface area contributed by atoms with Crippen LogP contribution in [0, 0.1) is 6.92 Å². The molecule has 1 aromatic heterocycles. The summed E-state index contributed by atoms with van der Waals surface area (Å²) in [5.74, 6) is 0.865. The number of nitrogens with zero attached hydrogens (tertiary/aromatic N) is 2. The number of rotatable bonds is 2. The Hall–Kier alpha value is -2.14. The Morgan fingerprint density at radius 1 is 1.36 bits per heavy atom. The molecule has 3 heterocycles. The van der Waals surface area contributed by atoms with E-state index in [4.69, 9.17) is 9.26 Å². The molecule has 1 atom stereocenters. The average molecular weight is 298 g/mol. The number of anilines is 1. The zero-order chi connectivity index (χ0) is 15.1. The molecule has 1 aromatic carbocycles. The van der Waals surface area contributed by atoms with E-state index in [0.29, 0.717) is 6.61 Å². The van der Waals surface area contributed by atoms with Crippen LogP contribution in [0.25, 0.3) is 11.3 Å². The van der Waals surface area contributed by atoms with Gasteiger partial charge < -0.3 is 14.2 Å². The molecule has 114 valence electrons. The molecule has 0 N–H and O–H groups in total. The predicted octanol–water partition coefficient (Wildman–Crippen LogP) is 2.72. The van der Waals surface area contributed by atoms with Crippen molar-refractivity contribution in [3.8, 4) is 11.3 Å². The topological polar surface area (TPSA) is 55.6 Å². The van der Waals surface area contributed by atoms with Crippen LogP contribution in [0.4, 0.5) is 5.69 Å². The van der Waals surface area contributed by atoms with Gasteiger partial charge >= 0.3 is 0 Å². The van der Waals surface area contributed by atoms with Gasteiger partial charge in [-0.05, 0) is 49.9 Å². The second kappa shape index (κ2) is 5.25. The molecule has 1 amide bonds. The van der Waals surface area contributed by atoms with Crippen molar-refractivity contribution in [2.45, 2.75) is 32.3 Å². The summed E-state index contributed by atoms with van der Waals surface area (Å²) in [6, 6.07) is 8.01. The Kier molecular flexibility index (Phi) is 3.22. The fourth-order valence-corrected chi connectivity index (χ4v) is 3.23.